The third-order valence-electron chi connectivity index (χ3n) is 3.30. The van der Waals surface area contributed by atoms with Gasteiger partial charge in [0, 0.05) is 0 Å². The molecule has 1 aromatic rings. The molecular weight excluding hydrogens is 337 g/mol. The van der Waals surface area contributed by atoms with E-state index in [4.69, 9.17) is 5.26 Å². The van der Waals surface area contributed by atoms with Gasteiger partial charge in [0.1, 0.15) is 0 Å². The van der Waals surface area contributed by atoms with Gasteiger partial charge in [-0.3, -0.25) is 0 Å². The quantitative estimate of drug-likeness (QED) is 0.431. The average Bonchev–Trinajstić information content (AvgIpc) is 2.48. The van der Waals surface area contributed by atoms with Crippen LogP contribution in [0.15, 0.2) is 52.9 Å². The summed E-state index contributed by atoms with van der Waals surface area (Å²) in [5.41, 5.74) is 0.0821. The molecular formula is C14H16AsNO5. The van der Waals surface area contributed by atoms with Gasteiger partial charge in [0.15, 0.2) is 0 Å². The first-order chi connectivity index (χ1) is 9.89. The van der Waals surface area contributed by atoms with Crippen molar-refractivity contribution in [3.8, 4) is 0 Å². The van der Waals surface area contributed by atoms with Crippen molar-refractivity contribution >= 4 is 20.1 Å². The average molecular weight is 353 g/mol. The fraction of sp³-hybridized carbons (Fsp3) is 0.214. The van der Waals surface area contributed by atoms with Crippen molar-refractivity contribution in [2.75, 3.05) is 0 Å². The van der Waals surface area contributed by atoms with E-state index >= 15 is 0 Å². The number of nitrogens with one attached hydrogen (secondary N) is 1. The summed E-state index contributed by atoms with van der Waals surface area (Å²) in [6.45, 7) is 1.41. The van der Waals surface area contributed by atoms with E-state index in [2.05, 4.69) is 9.19 Å². The molecule has 0 bridgehead atoms. The molecule has 3 N–H and O–H groups in total. The molecule has 1 aliphatic carbocycles. The van der Waals surface area contributed by atoms with E-state index in [0.29, 0.717) is 0 Å². The number of rotatable bonds is 4. The molecule has 112 valence electrons. The predicted octanol–water partition coefficient (Wildman–Crippen LogP) is 1.29. The van der Waals surface area contributed by atoms with Crippen LogP contribution in [-0.4, -0.2) is 29.4 Å². The molecule has 0 heterocycles. The summed E-state index contributed by atoms with van der Waals surface area (Å²) >= 11 is -4.87. The first-order valence-electron chi connectivity index (χ1n) is 6.30. The van der Waals surface area contributed by atoms with Gasteiger partial charge >= 0.3 is 125 Å². The van der Waals surface area contributed by atoms with Gasteiger partial charge in [0.25, 0.3) is 0 Å². The molecule has 0 spiro atoms. The summed E-state index contributed by atoms with van der Waals surface area (Å²) in [7, 11) is 0. The van der Waals surface area contributed by atoms with Gasteiger partial charge in [-0.25, -0.2) is 0 Å². The minimum atomic E-state index is -4.87. The Kier molecular flexibility index (Phi) is 4.54. The Balaban J connectivity index is 2.38. The Morgan fingerprint density at radius 3 is 2.52 bits per heavy atom. The van der Waals surface area contributed by atoms with Crippen LogP contribution in [0.5, 0.6) is 0 Å². The van der Waals surface area contributed by atoms with Crippen LogP contribution in [0.1, 0.15) is 18.9 Å². The molecule has 0 radical (unpaired) electrons. The zero-order chi connectivity index (χ0) is 15.5. The summed E-state index contributed by atoms with van der Waals surface area (Å²) in [6.07, 6.45) is 4.84. The van der Waals surface area contributed by atoms with E-state index in [1.165, 1.54) is 19.1 Å². The summed E-state index contributed by atoms with van der Waals surface area (Å²) in [5, 5.41) is 11.4. The van der Waals surface area contributed by atoms with Crippen LogP contribution in [0.3, 0.4) is 0 Å². The number of allylic oxidation sites excluding steroid dienone is 2. The second-order valence-corrected chi connectivity index (χ2v) is 8.40. The van der Waals surface area contributed by atoms with E-state index in [1.54, 1.807) is 6.08 Å². The summed E-state index contributed by atoms with van der Waals surface area (Å²) in [5.74, 6) is -0.212. The standard InChI is InChI=1S/C14H16AsNO5/c1-11(17)16-14(12-5-3-2-4-6-12)9-7-13(8-10-14)15(18,19)21-20/h2-9,20H,10H2,1H3,(H,16,17)(H,18,19). The maximum atomic E-state index is 11.6. The first kappa shape index (κ1) is 15.8. The van der Waals surface area contributed by atoms with Crippen LogP contribution in [0, 0.1) is 0 Å². The summed E-state index contributed by atoms with van der Waals surface area (Å²) < 4.78 is 24.9. The van der Waals surface area contributed by atoms with Crippen molar-refractivity contribution in [3.63, 3.8) is 0 Å². The summed E-state index contributed by atoms with van der Waals surface area (Å²) in [6, 6.07) is 9.30. The van der Waals surface area contributed by atoms with E-state index in [0.717, 1.165) is 5.56 Å². The molecule has 7 heteroatoms. The van der Waals surface area contributed by atoms with Crippen LogP contribution in [0.4, 0.5) is 0 Å². The van der Waals surface area contributed by atoms with E-state index in [9.17, 15) is 12.6 Å². The number of carbonyl (C=O) groups is 1. The second kappa shape index (κ2) is 6.03. The Hall–Kier alpha value is -1.59. The van der Waals surface area contributed by atoms with Crippen molar-refractivity contribution < 1.29 is 21.8 Å². The molecule has 0 fully saturated rings. The van der Waals surface area contributed by atoms with Crippen LogP contribution in [-0.2, 0) is 17.9 Å². The third kappa shape index (κ3) is 3.36. The minimum absolute atomic E-state index is 0.0486. The Bertz CT molecular complexity index is 640. The Morgan fingerprint density at radius 2 is 2.05 bits per heavy atom. The van der Waals surface area contributed by atoms with Crippen molar-refractivity contribution in [2.24, 2.45) is 0 Å². The van der Waals surface area contributed by atoms with E-state index < -0.39 is 19.7 Å². The first-order valence-corrected chi connectivity index (χ1v) is 9.61. The molecule has 0 aromatic heterocycles. The monoisotopic (exact) mass is 353 g/mol. The van der Waals surface area contributed by atoms with Crippen molar-refractivity contribution in [3.05, 3.63) is 58.5 Å². The molecule has 6 nitrogen and oxygen atoms in total. The molecule has 2 atom stereocenters. The van der Waals surface area contributed by atoms with Crippen molar-refractivity contribution in [2.45, 2.75) is 18.9 Å². The van der Waals surface area contributed by atoms with Gasteiger partial charge in [-0.1, -0.05) is 0 Å². The normalized spacial score (nSPS) is 24.0. The van der Waals surface area contributed by atoms with E-state index in [-0.39, 0.29) is 16.7 Å². The predicted molar refractivity (Wildman–Crippen MR) is 76.1 cm³/mol. The van der Waals surface area contributed by atoms with Crippen LogP contribution >= 0.6 is 0 Å². The van der Waals surface area contributed by atoms with Crippen molar-refractivity contribution in [1.29, 1.82) is 0 Å². The fourth-order valence-corrected chi connectivity index (χ4v) is 3.74. The maximum absolute atomic E-state index is 11.6. The molecule has 2 rings (SSSR count). The molecule has 21 heavy (non-hydrogen) atoms. The Labute approximate surface area is 125 Å². The van der Waals surface area contributed by atoms with Gasteiger partial charge in [-0.05, 0) is 0 Å². The number of amides is 1. The number of benzene rings is 1. The van der Waals surface area contributed by atoms with Crippen LogP contribution in [0.25, 0.3) is 0 Å². The SMILES string of the molecule is CC(=O)NC1(c2ccccc2)C=CC([As](=O)(O)OO)=CC1. The molecule has 0 saturated carbocycles. The molecule has 0 aliphatic heterocycles. The Morgan fingerprint density at radius 1 is 1.38 bits per heavy atom. The van der Waals surface area contributed by atoms with Gasteiger partial charge in [-0.15, -0.1) is 0 Å². The summed E-state index contributed by atoms with van der Waals surface area (Å²) in [4.78, 5) is 11.5. The van der Waals surface area contributed by atoms with Gasteiger partial charge in [0.2, 0.25) is 0 Å². The number of hydrogen-bond donors (Lipinski definition) is 3. The molecule has 1 aliphatic rings. The van der Waals surface area contributed by atoms with E-state index in [1.807, 2.05) is 30.3 Å². The molecule has 1 aromatic carbocycles. The topological polar surface area (TPSA) is 95.9 Å². The molecule has 0 saturated heterocycles. The molecule has 2 unspecified atom stereocenters. The van der Waals surface area contributed by atoms with Gasteiger partial charge in [0.05, 0.1) is 0 Å². The second-order valence-electron chi connectivity index (χ2n) is 4.79. The van der Waals surface area contributed by atoms with Crippen LogP contribution < -0.4 is 5.32 Å². The van der Waals surface area contributed by atoms with Gasteiger partial charge in [-0.2, -0.15) is 0 Å². The molecule has 1 amide bonds. The zero-order valence-electron chi connectivity index (χ0n) is 11.4. The van der Waals surface area contributed by atoms with Gasteiger partial charge < -0.3 is 0 Å². The van der Waals surface area contributed by atoms with Crippen molar-refractivity contribution in [1.82, 2.24) is 5.32 Å². The zero-order valence-corrected chi connectivity index (χ0v) is 13.3. The third-order valence-corrected chi connectivity index (χ3v) is 5.83. The number of carbonyl (C=O) groups excluding carboxylic acids is 1. The van der Waals surface area contributed by atoms with Crippen LogP contribution in [0.2, 0.25) is 0 Å². The number of hydrogen-bond acceptors (Lipinski definition) is 4. The fourth-order valence-electron chi connectivity index (χ4n) is 2.31.